The summed E-state index contributed by atoms with van der Waals surface area (Å²) in [6.07, 6.45) is 1.75. The van der Waals surface area contributed by atoms with Crippen LogP contribution in [0, 0.1) is 12.8 Å². The third kappa shape index (κ3) is 3.33. The zero-order chi connectivity index (χ0) is 22.6. The van der Waals surface area contributed by atoms with Crippen molar-refractivity contribution in [1.29, 1.82) is 0 Å². The lowest BCUT2D eigenvalue weighted by Gasteiger charge is -2.35. The number of amides is 1. The number of pyridine rings is 1. The van der Waals surface area contributed by atoms with Gasteiger partial charge in [0, 0.05) is 35.9 Å². The van der Waals surface area contributed by atoms with Crippen molar-refractivity contribution < 1.29 is 18.8 Å². The van der Waals surface area contributed by atoms with Crippen LogP contribution in [-0.2, 0) is 22.4 Å². The van der Waals surface area contributed by atoms with Gasteiger partial charge in [-0.3, -0.25) is 9.59 Å². The van der Waals surface area contributed by atoms with Gasteiger partial charge < -0.3 is 23.9 Å². The predicted molar refractivity (Wildman–Crippen MR) is 118 cm³/mol. The van der Waals surface area contributed by atoms with Crippen molar-refractivity contribution >= 4 is 40.1 Å². The van der Waals surface area contributed by atoms with Gasteiger partial charge in [0.2, 0.25) is 0 Å². The molecule has 1 aromatic carbocycles. The van der Waals surface area contributed by atoms with Crippen LogP contribution in [0.5, 0.6) is 0 Å². The maximum absolute atomic E-state index is 13.5. The highest BCUT2D eigenvalue weighted by Crippen LogP contribution is 2.42. The Hall–Kier alpha value is -2.39. The molecular formula is C22H21Cl2N3O5. The standard InChI is InChI=1S/C22H21Cl2N3O5/c1-10-14-6-25-32-20(14)15(21(28)26-10)7-27-4-3-12-16(23)5-13(18(24)17(12)22(27)29)19(30-2)11-8-31-9-11/h5-6,11,19H,3-4,7-9H2,1-2H3,(H,26,28). The Morgan fingerprint density at radius 2 is 2.12 bits per heavy atom. The first-order valence-electron chi connectivity index (χ1n) is 10.3. The molecule has 8 nitrogen and oxygen atoms in total. The normalized spacial score (nSPS) is 17.5. The van der Waals surface area contributed by atoms with Crippen molar-refractivity contribution in [2.45, 2.75) is 26.0 Å². The first-order valence-corrected chi connectivity index (χ1v) is 11.0. The number of halogens is 2. The number of benzene rings is 1. The molecule has 1 unspecified atom stereocenters. The zero-order valence-corrected chi connectivity index (χ0v) is 19.0. The molecule has 0 aliphatic carbocycles. The van der Waals surface area contributed by atoms with E-state index in [9.17, 15) is 9.59 Å². The number of aromatic amines is 1. The summed E-state index contributed by atoms with van der Waals surface area (Å²) in [5.41, 5.74) is 2.83. The molecule has 2 aliphatic rings. The van der Waals surface area contributed by atoms with Gasteiger partial charge in [-0.05, 0) is 25.0 Å². The molecule has 4 heterocycles. The number of aryl methyl sites for hydroxylation is 1. The maximum Gasteiger partial charge on any atom is 0.257 e. The van der Waals surface area contributed by atoms with Crippen molar-refractivity contribution in [2.75, 3.05) is 26.9 Å². The van der Waals surface area contributed by atoms with Crippen LogP contribution in [0.1, 0.15) is 38.8 Å². The quantitative estimate of drug-likeness (QED) is 0.601. The van der Waals surface area contributed by atoms with E-state index in [0.29, 0.717) is 75.1 Å². The summed E-state index contributed by atoms with van der Waals surface area (Å²) in [7, 11) is 1.60. The van der Waals surface area contributed by atoms with Crippen molar-refractivity contribution in [3.8, 4) is 0 Å². The Morgan fingerprint density at radius 1 is 1.34 bits per heavy atom. The number of nitrogens with one attached hydrogen (secondary N) is 1. The Bertz CT molecular complexity index is 1280. The van der Waals surface area contributed by atoms with Crippen LogP contribution in [0.4, 0.5) is 0 Å². The summed E-state index contributed by atoms with van der Waals surface area (Å²) in [5, 5.41) is 5.34. The average Bonchev–Trinajstić information content (AvgIpc) is 3.22. The summed E-state index contributed by atoms with van der Waals surface area (Å²) in [5.74, 6) is -0.139. The highest BCUT2D eigenvalue weighted by molar-refractivity contribution is 6.37. The molecule has 1 fully saturated rings. The molecule has 0 spiro atoms. The van der Waals surface area contributed by atoms with E-state index in [4.69, 9.17) is 37.2 Å². The van der Waals surface area contributed by atoms with Gasteiger partial charge in [0.25, 0.3) is 11.5 Å². The van der Waals surface area contributed by atoms with E-state index in [0.717, 1.165) is 0 Å². The highest BCUT2D eigenvalue weighted by atomic mass is 35.5. The molecular weight excluding hydrogens is 457 g/mol. The van der Waals surface area contributed by atoms with Crippen LogP contribution in [0.25, 0.3) is 11.0 Å². The third-order valence-corrected chi connectivity index (χ3v) is 7.05. The molecule has 1 N–H and O–H groups in total. The van der Waals surface area contributed by atoms with Gasteiger partial charge in [0.15, 0.2) is 5.58 Å². The van der Waals surface area contributed by atoms with Crippen molar-refractivity contribution in [3.63, 3.8) is 0 Å². The number of hydrogen-bond donors (Lipinski definition) is 1. The fourth-order valence-corrected chi connectivity index (χ4v) is 5.16. The maximum atomic E-state index is 13.5. The number of ether oxygens (including phenoxy) is 2. The van der Waals surface area contributed by atoms with Gasteiger partial charge in [-0.1, -0.05) is 28.4 Å². The van der Waals surface area contributed by atoms with Crippen LogP contribution < -0.4 is 5.56 Å². The summed E-state index contributed by atoms with van der Waals surface area (Å²) < 4.78 is 16.3. The zero-order valence-electron chi connectivity index (χ0n) is 17.5. The number of carbonyl (C=O) groups is 1. The van der Waals surface area contributed by atoms with Crippen LogP contribution in [0.15, 0.2) is 21.6 Å². The van der Waals surface area contributed by atoms with Gasteiger partial charge in [-0.15, -0.1) is 0 Å². The number of methoxy groups -OCH3 is 1. The van der Waals surface area contributed by atoms with E-state index >= 15 is 0 Å². The SMILES string of the molecule is COC(c1cc(Cl)c2c(c1Cl)C(=O)N(Cc1c(=O)[nH]c(C)c3cnoc13)CC2)C1COC1. The summed E-state index contributed by atoms with van der Waals surface area (Å²) in [4.78, 5) is 30.5. The third-order valence-electron chi connectivity index (χ3n) is 6.30. The molecule has 0 saturated carbocycles. The van der Waals surface area contributed by atoms with Crippen LogP contribution in [0.2, 0.25) is 10.0 Å². The minimum Gasteiger partial charge on any atom is -0.380 e. The Balaban J connectivity index is 1.54. The smallest absolute Gasteiger partial charge is 0.257 e. The van der Waals surface area contributed by atoms with E-state index in [1.54, 1.807) is 31.2 Å². The van der Waals surface area contributed by atoms with E-state index < -0.39 is 0 Å². The molecule has 10 heteroatoms. The lowest BCUT2D eigenvalue weighted by molar-refractivity contribution is -0.105. The van der Waals surface area contributed by atoms with E-state index in [1.165, 1.54) is 0 Å². The molecule has 1 saturated heterocycles. The summed E-state index contributed by atoms with van der Waals surface area (Å²) in [6, 6.07) is 1.79. The number of nitrogens with zero attached hydrogens (tertiary/aromatic N) is 2. The van der Waals surface area contributed by atoms with E-state index in [1.807, 2.05) is 0 Å². The Kier molecular flexibility index (Phi) is 5.49. The molecule has 5 rings (SSSR count). The van der Waals surface area contributed by atoms with E-state index in [-0.39, 0.29) is 30.0 Å². The minimum atomic E-state index is -0.323. The number of H-pyrrole nitrogens is 1. The van der Waals surface area contributed by atoms with E-state index in [2.05, 4.69) is 10.1 Å². The molecule has 1 atom stereocenters. The molecule has 0 radical (unpaired) electrons. The molecule has 32 heavy (non-hydrogen) atoms. The van der Waals surface area contributed by atoms with Crippen LogP contribution in [-0.4, -0.2) is 47.8 Å². The average molecular weight is 478 g/mol. The second-order valence-electron chi connectivity index (χ2n) is 8.17. The number of rotatable bonds is 5. The van der Waals surface area contributed by atoms with Gasteiger partial charge >= 0.3 is 0 Å². The molecule has 3 aromatic rings. The first kappa shape index (κ1) is 21.5. The van der Waals surface area contributed by atoms with Crippen molar-refractivity contribution in [2.24, 2.45) is 5.92 Å². The molecule has 2 aliphatic heterocycles. The monoisotopic (exact) mass is 477 g/mol. The number of hydrogen-bond acceptors (Lipinski definition) is 6. The Morgan fingerprint density at radius 3 is 2.81 bits per heavy atom. The van der Waals surface area contributed by atoms with Gasteiger partial charge in [-0.25, -0.2) is 0 Å². The summed E-state index contributed by atoms with van der Waals surface area (Å²) >= 11 is 13.3. The van der Waals surface area contributed by atoms with Gasteiger partial charge in [-0.2, -0.15) is 0 Å². The molecule has 0 bridgehead atoms. The lowest BCUT2D eigenvalue weighted by Crippen LogP contribution is -2.39. The largest absolute Gasteiger partial charge is 0.380 e. The predicted octanol–water partition coefficient (Wildman–Crippen LogP) is 3.66. The minimum absolute atomic E-state index is 0.0714. The second-order valence-corrected chi connectivity index (χ2v) is 8.96. The van der Waals surface area contributed by atoms with Crippen molar-refractivity contribution in [1.82, 2.24) is 15.0 Å². The highest BCUT2D eigenvalue weighted by Gasteiger charge is 2.36. The lowest BCUT2D eigenvalue weighted by atomic mass is 9.89. The second kappa shape index (κ2) is 8.19. The summed E-state index contributed by atoms with van der Waals surface area (Å²) in [6.45, 7) is 3.37. The van der Waals surface area contributed by atoms with Crippen molar-refractivity contribution in [3.05, 3.63) is 60.6 Å². The van der Waals surface area contributed by atoms with Crippen LogP contribution in [0.3, 0.4) is 0 Å². The fraction of sp³-hybridized carbons (Fsp3) is 0.409. The number of fused-ring (bicyclic) bond motifs is 2. The topological polar surface area (TPSA) is 97.7 Å². The Labute approximate surface area is 193 Å². The number of carbonyl (C=O) groups excluding carboxylic acids is 1. The van der Waals surface area contributed by atoms with Gasteiger partial charge in [0.1, 0.15) is 0 Å². The molecule has 2 aromatic heterocycles. The first-order chi connectivity index (χ1) is 15.4. The van der Waals surface area contributed by atoms with Gasteiger partial charge in [0.05, 0.1) is 53.6 Å². The molecule has 168 valence electrons. The molecule has 1 amide bonds. The van der Waals surface area contributed by atoms with Crippen LogP contribution >= 0.6 is 23.2 Å². The fourth-order valence-electron chi connectivity index (χ4n) is 4.49. The number of aromatic nitrogens is 2.